The fourth-order valence-electron chi connectivity index (χ4n) is 4.15. The van der Waals surface area contributed by atoms with E-state index in [2.05, 4.69) is 4.90 Å². The van der Waals surface area contributed by atoms with Crippen molar-refractivity contribution in [1.82, 2.24) is 4.90 Å². The maximum absolute atomic E-state index is 14.2. The molecule has 172 valence electrons. The van der Waals surface area contributed by atoms with Gasteiger partial charge in [-0.25, -0.2) is 8.78 Å². The number of carbonyl (C=O) groups excluding carboxylic acids is 1. The first-order chi connectivity index (χ1) is 15.8. The number of benzene rings is 3. The molecule has 0 bridgehead atoms. The van der Waals surface area contributed by atoms with Gasteiger partial charge in [-0.05, 0) is 54.4 Å². The minimum atomic E-state index is -1.94. The molecule has 1 fully saturated rings. The van der Waals surface area contributed by atoms with Gasteiger partial charge in [-0.15, -0.1) is 0 Å². The highest BCUT2D eigenvalue weighted by atomic mass is 35.5. The monoisotopic (exact) mass is 490 g/mol. The summed E-state index contributed by atoms with van der Waals surface area (Å²) in [4.78, 5) is 16.6. The number of aliphatic hydroxyl groups is 1. The molecule has 33 heavy (non-hydrogen) atoms. The van der Waals surface area contributed by atoms with E-state index in [-0.39, 0.29) is 19.1 Å². The molecule has 1 unspecified atom stereocenters. The Morgan fingerprint density at radius 3 is 2.33 bits per heavy atom. The highest BCUT2D eigenvalue weighted by molar-refractivity contribution is 6.33. The van der Waals surface area contributed by atoms with Gasteiger partial charge in [0.05, 0.1) is 22.3 Å². The minimum absolute atomic E-state index is 0.192. The van der Waals surface area contributed by atoms with Crippen LogP contribution in [0.15, 0.2) is 60.7 Å². The summed E-state index contributed by atoms with van der Waals surface area (Å²) in [7, 11) is 0. The average Bonchev–Trinajstić information content (AvgIpc) is 2.79. The zero-order valence-electron chi connectivity index (χ0n) is 17.8. The smallest absolute Gasteiger partial charge is 0.256 e. The Morgan fingerprint density at radius 2 is 1.70 bits per heavy atom. The van der Waals surface area contributed by atoms with Gasteiger partial charge in [0.25, 0.3) is 5.91 Å². The van der Waals surface area contributed by atoms with E-state index < -0.39 is 29.2 Å². The number of hydrogen-bond donors (Lipinski definition) is 1. The summed E-state index contributed by atoms with van der Waals surface area (Å²) in [6.07, 6.45) is -1.94. The molecule has 0 spiro atoms. The van der Waals surface area contributed by atoms with E-state index in [0.29, 0.717) is 16.6 Å². The number of rotatable bonds is 4. The number of anilines is 1. The van der Waals surface area contributed by atoms with E-state index in [0.717, 1.165) is 28.9 Å². The van der Waals surface area contributed by atoms with Crippen LogP contribution in [0, 0.1) is 18.6 Å². The molecule has 4 nitrogen and oxygen atoms in total. The van der Waals surface area contributed by atoms with Crippen LogP contribution in [-0.2, 0) is 4.79 Å². The summed E-state index contributed by atoms with van der Waals surface area (Å²) in [6, 6.07) is 15.9. The Kier molecular flexibility index (Phi) is 6.88. The zero-order chi connectivity index (χ0) is 23.7. The van der Waals surface area contributed by atoms with Gasteiger partial charge in [-0.1, -0.05) is 47.5 Å². The number of nitrogens with zero attached hydrogens (tertiary/aromatic N) is 2. The molecule has 0 saturated carbocycles. The van der Waals surface area contributed by atoms with Gasteiger partial charge in [0.2, 0.25) is 0 Å². The summed E-state index contributed by atoms with van der Waals surface area (Å²) >= 11 is 12.6. The second-order valence-electron chi connectivity index (χ2n) is 8.04. The topological polar surface area (TPSA) is 43.8 Å². The quantitative estimate of drug-likeness (QED) is 0.509. The molecule has 3 aromatic carbocycles. The van der Waals surface area contributed by atoms with Crippen molar-refractivity contribution in [2.45, 2.75) is 19.1 Å². The lowest BCUT2D eigenvalue weighted by molar-refractivity contribution is -0.141. The maximum atomic E-state index is 14.2. The Bertz CT molecular complexity index is 1150. The molecule has 2 atom stereocenters. The van der Waals surface area contributed by atoms with Crippen LogP contribution >= 0.6 is 23.2 Å². The van der Waals surface area contributed by atoms with Gasteiger partial charge in [-0.2, -0.15) is 0 Å². The summed E-state index contributed by atoms with van der Waals surface area (Å²) in [5.74, 6) is -2.68. The molecule has 8 heteroatoms. The van der Waals surface area contributed by atoms with Crippen molar-refractivity contribution in [2.24, 2.45) is 0 Å². The molecule has 1 amide bonds. The molecule has 1 heterocycles. The Hall–Kier alpha value is -2.67. The standard InChI is InChI=1S/C25H22Cl2F2N2O2/c1-15-5-10-21(18(27)13-15)31-12-11-30(14-22(31)16-6-8-17(26)9-7-16)25(33)24(32)23-19(28)3-2-4-20(23)29/h2-10,13,22,24,32H,11-12,14H2,1H3/t22-,24?/m0/s1. The van der Waals surface area contributed by atoms with Crippen molar-refractivity contribution in [3.8, 4) is 0 Å². The average molecular weight is 491 g/mol. The molecule has 1 N–H and O–H groups in total. The third-order valence-corrected chi connectivity index (χ3v) is 6.42. The van der Waals surface area contributed by atoms with Crippen molar-refractivity contribution in [3.05, 3.63) is 99.0 Å². The maximum Gasteiger partial charge on any atom is 0.256 e. The minimum Gasteiger partial charge on any atom is -0.378 e. The van der Waals surface area contributed by atoms with E-state index >= 15 is 0 Å². The van der Waals surface area contributed by atoms with Gasteiger partial charge in [0.15, 0.2) is 6.10 Å². The van der Waals surface area contributed by atoms with Crippen LogP contribution in [0.2, 0.25) is 10.0 Å². The number of aliphatic hydroxyl groups excluding tert-OH is 1. The van der Waals surface area contributed by atoms with E-state index in [1.54, 1.807) is 12.1 Å². The first kappa shape index (κ1) is 23.5. The van der Waals surface area contributed by atoms with Gasteiger partial charge >= 0.3 is 0 Å². The molecule has 0 radical (unpaired) electrons. The molecule has 1 saturated heterocycles. The first-order valence-electron chi connectivity index (χ1n) is 10.5. The lowest BCUT2D eigenvalue weighted by Crippen LogP contribution is -2.52. The fraction of sp³-hybridized carbons (Fsp3) is 0.240. The van der Waals surface area contributed by atoms with Crippen LogP contribution in [0.25, 0.3) is 0 Å². The van der Waals surface area contributed by atoms with Gasteiger partial charge < -0.3 is 14.9 Å². The van der Waals surface area contributed by atoms with E-state index in [1.165, 1.54) is 11.0 Å². The largest absolute Gasteiger partial charge is 0.378 e. The van der Waals surface area contributed by atoms with Crippen molar-refractivity contribution in [1.29, 1.82) is 0 Å². The van der Waals surface area contributed by atoms with Crippen LogP contribution < -0.4 is 4.90 Å². The second-order valence-corrected chi connectivity index (χ2v) is 8.88. The molecular weight excluding hydrogens is 469 g/mol. The van der Waals surface area contributed by atoms with Crippen molar-refractivity contribution in [3.63, 3.8) is 0 Å². The highest BCUT2D eigenvalue weighted by Gasteiger charge is 2.35. The number of hydrogen-bond acceptors (Lipinski definition) is 3. The molecule has 0 aliphatic carbocycles. The summed E-state index contributed by atoms with van der Waals surface area (Å²) in [5.41, 5.74) is 2.08. The normalized spacial score (nSPS) is 17.2. The SMILES string of the molecule is Cc1ccc(N2CCN(C(=O)C(O)c3c(F)cccc3F)C[C@H]2c2ccc(Cl)cc2)c(Cl)c1. The number of halogens is 4. The molecule has 4 rings (SSSR count). The molecule has 1 aliphatic heterocycles. The summed E-state index contributed by atoms with van der Waals surface area (Å²) in [6.45, 7) is 2.80. The number of piperazine rings is 1. The van der Waals surface area contributed by atoms with Crippen molar-refractivity contribution < 1.29 is 18.7 Å². The van der Waals surface area contributed by atoms with Gasteiger partial charge in [-0.3, -0.25) is 4.79 Å². The van der Waals surface area contributed by atoms with Crippen LogP contribution in [0.1, 0.15) is 28.8 Å². The van der Waals surface area contributed by atoms with Crippen LogP contribution in [0.4, 0.5) is 14.5 Å². The van der Waals surface area contributed by atoms with Crippen LogP contribution in [-0.4, -0.2) is 35.5 Å². The summed E-state index contributed by atoms with van der Waals surface area (Å²) < 4.78 is 28.3. The molecular formula is C25H22Cl2F2N2O2. The van der Waals surface area contributed by atoms with E-state index in [4.69, 9.17) is 23.2 Å². The van der Waals surface area contributed by atoms with Crippen LogP contribution in [0.5, 0.6) is 0 Å². The summed E-state index contributed by atoms with van der Waals surface area (Å²) in [5, 5.41) is 11.7. The van der Waals surface area contributed by atoms with E-state index in [9.17, 15) is 18.7 Å². The van der Waals surface area contributed by atoms with Crippen molar-refractivity contribution in [2.75, 3.05) is 24.5 Å². The Balaban J connectivity index is 1.66. The first-order valence-corrected chi connectivity index (χ1v) is 11.2. The Labute approximate surface area is 201 Å². The lowest BCUT2D eigenvalue weighted by Gasteiger charge is -2.44. The van der Waals surface area contributed by atoms with Gasteiger partial charge in [0.1, 0.15) is 11.6 Å². The number of aryl methyl sites for hydroxylation is 1. The van der Waals surface area contributed by atoms with Gasteiger partial charge in [0, 0.05) is 24.7 Å². The second kappa shape index (κ2) is 9.67. The van der Waals surface area contributed by atoms with Crippen molar-refractivity contribution >= 4 is 34.8 Å². The number of amides is 1. The molecule has 1 aliphatic rings. The Morgan fingerprint density at radius 1 is 1.03 bits per heavy atom. The third kappa shape index (κ3) is 4.83. The predicted octanol–water partition coefficient (Wildman–Crippen LogP) is 5.70. The number of carbonyl (C=O) groups is 1. The highest BCUT2D eigenvalue weighted by Crippen LogP contribution is 2.37. The lowest BCUT2D eigenvalue weighted by atomic mass is 9.99. The fourth-order valence-corrected chi connectivity index (χ4v) is 4.62. The molecule has 0 aromatic heterocycles. The van der Waals surface area contributed by atoms with Crippen LogP contribution in [0.3, 0.4) is 0 Å². The van der Waals surface area contributed by atoms with E-state index in [1.807, 2.05) is 37.3 Å². The third-order valence-electron chi connectivity index (χ3n) is 5.87. The molecule has 3 aromatic rings. The zero-order valence-corrected chi connectivity index (χ0v) is 19.3. The predicted molar refractivity (Wildman–Crippen MR) is 126 cm³/mol.